The molecule has 1 saturated carbocycles. The molecule has 24 heavy (non-hydrogen) atoms. The largest absolute Gasteiger partial charge is 0.259 e. The predicted molar refractivity (Wildman–Crippen MR) is 92.1 cm³/mol. The van der Waals surface area contributed by atoms with E-state index >= 15 is 0 Å². The van der Waals surface area contributed by atoms with Crippen LogP contribution in [-0.4, -0.2) is 35.4 Å². The average molecular weight is 339 g/mol. The third-order valence-corrected chi connectivity index (χ3v) is 4.73. The molecule has 122 valence electrons. The Morgan fingerprint density at radius 1 is 1.25 bits per heavy atom. The Balaban J connectivity index is 1.43. The van der Waals surface area contributed by atoms with E-state index in [-0.39, 0.29) is 5.25 Å². The maximum Gasteiger partial charge on any atom is 0.209 e. The summed E-state index contributed by atoms with van der Waals surface area (Å²) in [6, 6.07) is 10.6. The van der Waals surface area contributed by atoms with Crippen molar-refractivity contribution in [2.24, 2.45) is 0 Å². The van der Waals surface area contributed by atoms with Gasteiger partial charge in [0.25, 0.3) is 0 Å². The molecule has 0 amide bonds. The summed E-state index contributed by atoms with van der Waals surface area (Å²) in [6.45, 7) is 2.07. The Morgan fingerprint density at radius 2 is 2.08 bits per heavy atom. The van der Waals surface area contributed by atoms with Crippen molar-refractivity contribution in [2.75, 3.05) is 0 Å². The summed E-state index contributed by atoms with van der Waals surface area (Å²) >= 11 is 1.55. The lowest BCUT2D eigenvalue weighted by Crippen LogP contribution is -2.05. The van der Waals surface area contributed by atoms with Crippen molar-refractivity contribution in [3.8, 4) is 0 Å². The maximum atomic E-state index is 4.50. The molecule has 7 nitrogen and oxygen atoms in total. The number of thioether (sulfide) groups is 1. The predicted octanol–water partition coefficient (Wildman–Crippen LogP) is 3.15. The van der Waals surface area contributed by atoms with Gasteiger partial charge in [-0.25, -0.2) is 9.67 Å². The van der Waals surface area contributed by atoms with Gasteiger partial charge in [0.05, 0.1) is 11.3 Å². The van der Waals surface area contributed by atoms with E-state index in [9.17, 15) is 0 Å². The minimum atomic E-state index is 0.0994. The summed E-state index contributed by atoms with van der Waals surface area (Å²) < 4.78 is 1.93. The zero-order valence-corrected chi connectivity index (χ0v) is 14.0. The van der Waals surface area contributed by atoms with E-state index in [0.29, 0.717) is 11.2 Å². The monoisotopic (exact) mass is 339 g/mol. The number of nitrogens with one attached hydrogen (secondary N) is 1. The first-order valence-corrected chi connectivity index (χ1v) is 8.77. The van der Waals surface area contributed by atoms with E-state index in [1.54, 1.807) is 11.8 Å². The fraction of sp³-hybridized carbons (Fsp3) is 0.312. The van der Waals surface area contributed by atoms with Crippen molar-refractivity contribution in [2.45, 2.75) is 36.2 Å². The third kappa shape index (κ3) is 3.38. The Hall–Kier alpha value is -2.48. The second-order valence-corrected chi connectivity index (χ2v) is 7.03. The van der Waals surface area contributed by atoms with Crippen molar-refractivity contribution in [1.82, 2.24) is 35.4 Å². The van der Waals surface area contributed by atoms with Gasteiger partial charge in [-0.2, -0.15) is 0 Å². The quantitative estimate of drug-likeness (QED) is 0.694. The van der Waals surface area contributed by atoms with Crippen LogP contribution >= 0.6 is 11.8 Å². The van der Waals surface area contributed by atoms with Crippen LogP contribution in [0, 0.1) is 0 Å². The topological polar surface area (TPSA) is 85.2 Å². The molecular formula is C16H17N7S. The molecule has 8 heteroatoms. The van der Waals surface area contributed by atoms with Crippen LogP contribution in [-0.2, 0) is 0 Å². The molecule has 1 aromatic carbocycles. The zero-order chi connectivity index (χ0) is 16.4. The summed E-state index contributed by atoms with van der Waals surface area (Å²) in [6.07, 6.45) is 6.24. The molecule has 3 aromatic rings. The summed E-state index contributed by atoms with van der Waals surface area (Å²) in [5.74, 6) is 1.61. The molecule has 4 rings (SSSR count). The van der Waals surface area contributed by atoms with Crippen molar-refractivity contribution < 1.29 is 0 Å². The molecule has 2 aromatic heterocycles. The molecule has 0 bridgehead atoms. The van der Waals surface area contributed by atoms with Crippen LogP contribution in [0.1, 0.15) is 48.3 Å². The van der Waals surface area contributed by atoms with Crippen LogP contribution < -0.4 is 0 Å². The molecule has 2 heterocycles. The van der Waals surface area contributed by atoms with Gasteiger partial charge in [0.1, 0.15) is 5.82 Å². The van der Waals surface area contributed by atoms with Crippen LogP contribution in [0.2, 0.25) is 0 Å². The van der Waals surface area contributed by atoms with Crippen molar-refractivity contribution in [3.63, 3.8) is 0 Å². The van der Waals surface area contributed by atoms with Gasteiger partial charge in [-0.15, -0.1) is 10.2 Å². The average Bonchev–Trinajstić information content (AvgIpc) is 3.16. The molecule has 1 aliphatic rings. The molecule has 1 N–H and O–H groups in total. The molecule has 1 fully saturated rings. The van der Waals surface area contributed by atoms with Gasteiger partial charge in [0.2, 0.25) is 5.16 Å². The fourth-order valence-corrected chi connectivity index (χ4v) is 3.21. The maximum absolute atomic E-state index is 4.50. The second kappa shape index (κ2) is 6.56. The van der Waals surface area contributed by atoms with Crippen molar-refractivity contribution in [1.29, 1.82) is 0 Å². The minimum Gasteiger partial charge on any atom is -0.259 e. The number of hydrogen-bond donors (Lipinski definition) is 1. The highest BCUT2D eigenvalue weighted by Crippen LogP contribution is 2.38. The standard InChI is InChI=1S/C16H17N7S/c1-11(15-19-21-22-23(15)13-8-9-13)24-16-17-14(18-20-16)10-7-12-5-3-2-4-6-12/h2-7,10-11,13H,8-9H2,1H3,(H,17,18,20). The van der Waals surface area contributed by atoms with Gasteiger partial charge in [0.15, 0.2) is 5.82 Å². The van der Waals surface area contributed by atoms with E-state index < -0.39 is 0 Å². The van der Waals surface area contributed by atoms with Gasteiger partial charge < -0.3 is 0 Å². The molecule has 0 aliphatic heterocycles. The summed E-state index contributed by atoms with van der Waals surface area (Å²) in [5, 5.41) is 20.1. The lowest BCUT2D eigenvalue weighted by Gasteiger charge is -2.08. The van der Waals surface area contributed by atoms with E-state index in [1.807, 2.05) is 47.2 Å². The highest BCUT2D eigenvalue weighted by Gasteiger charge is 2.30. The molecule has 1 unspecified atom stereocenters. The van der Waals surface area contributed by atoms with Gasteiger partial charge in [-0.1, -0.05) is 48.2 Å². The Labute approximate surface area is 143 Å². The van der Waals surface area contributed by atoms with Gasteiger partial charge >= 0.3 is 0 Å². The highest BCUT2D eigenvalue weighted by atomic mass is 32.2. The summed E-state index contributed by atoms with van der Waals surface area (Å²) in [5.41, 5.74) is 1.13. The van der Waals surface area contributed by atoms with E-state index in [4.69, 9.17) is 0 Å². The van der Waals surface area contributed by atoms with Crippen LogP contribution in [0.25, 0.3) is 12.2 Å². The van der Waals surface area contributed by atoms with Crippen LogP contribution in [0.15, 0.2) is 35.5 Å². The van der Waals surface area contributed by atoms with Crippen LogP contribution in [0.5, 0.6) is 0 Å². The number of H-pyrrole nitrogens is 1. The molecule has 1 atom stereocenters. The summed E-state index contributed by atoms with van der Waals surface area (Å²) in [7, 11) is 0. The lowest BCUT2D eigenvalue weighted by atomic mass is 10.2. The Morgan fingerprint density at radius 3 is 2.88 bits per heavy atom. The number of tetrazole rings is 1. The number of nitrogens with zero attached hydrogens (tertiary/aromatic N) is 6. The van der Waals surface area contributed by atoms with Crippen molar-refractivity contribution >= 4 is 23.9 Å². The normalized spacial score (nSPS) is 15.9. The summed E-state index contributed by atoms with van der Waals surface area (Å²) in [4.78, 5) is 4.50. The lowest BCUT2D eigenvalue weighted by molar-refractivity contribution is 0.583. The number of benzene rings is 1. The molecular weight excluding hydrogens is 322 g/mol. The first kappa shape index (κ1) is 15.1. The van der Waals surface area contributed by atoms with Crippen LogP contribution in [0.4, 0.5) is 0 Å². The number of rotatable bonds is 6. The van der Waals surface area contributed by atoms with E-state index in [2.05, 4.69) is 37.6 Å². The van der Waals surface area contributed by atoms with Gasteiger partial charge in [-0.05, 0) is 41.8 Å². The van der Waals surface area contributed by atoms with Crippen molar-refractivity contribution in [3.05, 3.63) is 47.5 Å². The van der Waals surface area contributed by atoms with Crippen LogP contribution in [0.3, 0.4) is 0 Å². The molecule has 0 saturated heterocycles. The number of aromatic amines is 1. The van der Waals surface area contributed by atoms with Gasteiger partial charge in [-0.3, -0.25) is 5.10 Å². The number of aromatic nitrogens is 7. The smallest absolute Gasteiger partial charge is 0.209 e. The molecule has 1 aliphatic carbocycles. The zero-order valence-electron chi connectivity index (χ0n) is 13.2. The number of hydrogen-bond acceptors (Lipinski definition) is 6. The minimum absolute atomic E-state index is 0.0994. The SMILES string of the molecule is CC(Sc1n[nH]c(C=Cc2ccccc2)n1)c1nnnn1C1CC1. The fourth-order valence-electron chi connectivity index (χ4n) is 2.38. The molecule has 0 radical (unpaired) electrons. The highest BCUT2D eigenvalue weighted by molar-refractivity contribution is 7.99. The first-order chi connectivity index (χ1) is 11.8. The Kier molecular flexibility index (Phi) is 4.12. The molecule has 0 spiro atoms. The van der Waals surface area contributed by atoms with Gasteiger partial charge in [0, 0.05) is 0 Å². The third-order valence-electron chi connectivity index (χ3n) is 3.77. The van der Waals surface area contributed by atoms with E-state index in [1.165, 1.54) is 0 Å². The Bertz CT molecular complexity index is 835. The second-order valence-electron chi connectivity index (χ2n) is 5.72. The van der Waals surface area contributed by atoms with E-state index in [0.717, 1.165) is 30.1 Å². The first-order valence-electron chi connectivity index (χ1n) is 7.89.